The molecule has 1 unspecified atom stereocenters. The van der Waals surface area contributed by atoms with Gasteiger partial charge in [0.1, 0.15) is 5.82 Å². The summed E-state index contributed by atoms with van der Waals surface area (Å²) in [5, 5.41) is 13.1. The van der Waals surface area contributed by atoms with Crippen molar-refractivity contribution in [3.63, 3.8) is 0 Å². The number of anilines is 1. The van der Waals surface area contributed by atoms with Crippen LogP contribution in [0.2, 0.25) is 0 Å². The van der Waals surface area contributed by atoms with Crippen molar-refractivity contribution in [1.29, 1.82) is 0 Å². The molecule has 2 aromatic carbocycles. The van der Waals surface area contributed by atoms with Crippen molar-refractivity contribution in [3.05, 3.63) is 82.6 Å². The lowest BCUT2D eigenvalue weighted by Gasteiger charge is -2.09. The van der Waals surface area contributed by atoms with Crippen LogP contribution in [0.4, 0.5) is 9.52 Å². The van der Waals surface area contributed by atoms with Crippen LogP contribution in [0.5, 0.6) is 0 Å². The van der Waals surface area contributed by atoms with Gasteiger partial charge in [0.15, 0.2) is 11.2 Å². The van der Waals surface area contributed by atoms with Crippen molar-refractivity contribution in [2.75, 3.05) is 5.32 Å². The van der Waals surface area contributed by atoms with E-state index in [0.29, 0.717) is 17.1 Å². The van der Waals surface area contributed by atoms with Gasteiger partial charge in [0.2, 0.25) is 0 Å². The maximum absolute atomic E-state index is 12.9. The minimum atomic E-state index is -1.24. The standard InChI is InChI=1S/C18H15FN2O2S/c19-14-8-6-12(7-9-14)10-15-11-20-18(24-15)21-17(23)16(22)13-4-2-1-3-5-13/h1-9,11,16,22H,10H2,(H,20,21,23). The van der Waals surface area contributed by atoms with Gasteiger partial charge in [-0.3, -0.25) is 10.1 Å². The van der Waals surface area contributed by atoms with E-state index in [2.05, 4.69) is 10.3 Å². The number of nitrogens with zero attached hydrogens (tertiary/aromatic N) is 1. The molecule has 3 aromatic rings. The molecule has 24 heavy (non-hydrogen) atoms. The van der Waals surface area contributed by atoms with E-state index < -0.39 is 12.0 Å². The molecule has 2 N–H and O–H groups in total. The highest BCUT2D eigenvalue weighted by Crippen LogP contribution is 2.23. The number of aromatic nitrogens is 1. The molecular formula is C18H15FN2O2S. The van der Waals surface area contributed by atoms with Gasteiger partial charge in [0.05, 0.1) is 0 Å². The predicted octanol–water partition coefficient (Wildman–Crippen LogP) is 3.55. The Morgan fingerprint density at radius 1 is 1.17 bits per heavy atom. The summed E-state index contributed by atoms with van der Waals surface area (Å²) in [4.78, 5) is 17.2. The molecule has 1 amide bonds. The number of thiazole rings is 1. The summed E-state index contributed by atoms with van der Waals surface area (Å²) >= 11 is 1.32. The fourth-order valence-corrected chi connectivity index (χ4v) is 3.06. The maximum Gasteiger partial charge on any atom is 0.259 e. The zero-order valence-corrected chi connectivity index (χ0v) is 13.5. The molecule has 3 rings (SSSR count). The first-order valence-electron chi connectivity index (χ1n) is 7.35. The molecule has 0 bridgehead atoms. The number of halogens is 1. The second-order valence-corrected chi connectivity index (χ2v) is 6.35. The minimum absolute atomic E-state index is 0.272. The Balaban J connectivity index is 1.63. The molecule has 0 aliphatic heterocycles. The highest BCUT2D eigenvalue weighted by atomic mass is 32.1. The number of hydrogen-bond donors (Lipinski definition) is 2. The Morgan fingerprint density at radius 2 is 1.88 bits per heavy atom. The second kappa shape index (κ2) is 7.33. The van der Waals surface area contributed by atoms with Gasteiger partial charge in [-0.1, -0.05) is 42.5 Å². The van der Waals surface area contributed by atoms with Gasteiger partial charge in [0, 0.05) is 17.5 Å². The van der Waals surface area contributed by atoms with Gasteiger partial charge < -0.3 is 5.11 Å². The Hall–Kier alpha value is -2.57. The van der Waals surface area contributed by atoms with Crippen LogP contribution in [0.3, 0.4) is 0 Å². The Kier molecular flexibility index (Phi) is 4.98. The molecule has 0 spiro atoms. The summed E-state index contributed by atoms with van der Waals surface area (Å²) in [5.41, 5.74) is 1.49. The van der Waals surface area contributed by atoms with E-state index in [1.807, 2.05) is 6.07 Å². The molecule has 1 atom stereocenters. The Bertz CT molecular complexity index is 819. The van der Waals surface area contributed by atoms with E-state index in [-0.39, 0.29) is 5.82 Å². The summed E-state index contributed by atoms with van der Waals surface area (Å²) < 4.78 is 12.9. The Labute approximate surface area is 142 Å². The largest absolute Gasteiger partial charge is 0.378 e. The van der Waals surface area contributed by atoms with Gasteiger partial charge in [0.25, 0.3) is 5.91 Å². The number of nitrogens with one attached hydrogen (secondary N) is 1. The third kappa shape index (κ3) is 4.04. The number of amides is 1. The van der Waals surface area contributed by atoms with Crippen molar-refractivity contribution in [2.24, 2.45) is 0 Å². The number of carbonyl (C=O) groups is 1. The van der Waals surface area contributed by atoms with Crippen LogP contribution < -0.4 is 5.32 Å². The molecule has 1 aromatic heterocycles. The summed E-state index contributed by atoms with van der Waals surface area (Å²) in [7, 11) is 0. The fraction of sp³-hybridized carbons (Fsp3) is 0.111. The first-order valence-corrected chi connectivity index (χ1v) is 8.16. The van der Waals surface area contributed by atoms with E-state index in [9.17, 15) is 14.3 Å². The first-order chi connectivity index (χ1) is 11.6. The molecule has 0 aliphatic rings. The summed E-state index contributed by atoms with van der Waals surface area (Å²) in [6.07, 6.45) is 1.03. The Morgan fingerprint density at radius 3 is 2.58 bits per heavy atom. The first kappa shape index (κ1) is 16.3. The number of hydrogen-bond acceptors (Lipinski definition) is 4. The summed E-state index contributed by atoms with van der Waals surface area (Å²) in [6.45, 7) is 0. The zero-order chi connectivity index (χ0) is 16.9. The molecule has 1 heterocycles. The lowest BCUT2D eigenvalue weighted by molar-refractivity contribution is -0.124. The van der Waals surface area contributed by atoms with Crippen molar-refractivity contribution in [2.45, 2.75) is 12.5 Å². The molecule has 4 nitrogen and oxygen atoms in total. The van der Waals surface area contributed by atoms with Crippen molar-refractivity contribution in [1.82, 2.24) is 4.98 Å². The molecular weight excluding hydrogens is 327 g/mol. The van der Waals surface area contributed by atoms with E-state index in [1.165, 1.54) is 23.5 Å². The minimum Gasteiger partial charge on any atom is -0.378 e. The molecule has 122 valence electrons. The molecule has 0 radical (unpaired) electrons. The van der Waals surface area contributed by atoms with E-state index in [0.717, 1.165) is 10.4 Å². The quantitative estimate of drug-likeness (QED) is 0.745. The number of benzene rings is 2. The third-order valence-corrected chi connectivity index (χ3v) is 4.35. The maximum atomic E-state index is 12.9. The molecule has 0 fully saturated rings. The average molecular weight is 342 g/mol. The summed E-state index contributed by atoms with van der Waals surface area (Å²) in [6, 6.07) is 15.0. The van der Waals surface area contributed by atoms with Gasteiger partial charge >= 0.3 is 0 Å². The smallest absolute Gasteiger partial charge is 0.259 e. The van der Waals surface area contributed by atoms with Crippen LogP contribution in [0.15, 0.2) is 60.8 Å². The van der Waals surface area contributed by atoms with E-state index >= 15 is 0 Å². The fourth-order valence-electron chi connectivity index (χ4n) is 2.21. The van der Waals surface area contributed by atoms with E-state index in [1.54, 1.807) is 42.6 Å². The van der Waals surface area contributed by atoms with Crippen LogP contribution in [0.25, 0.3) is 0 Å². The van der Waals surface area contributed by atoms with Crippen LogP contribution in [-0.4, -0.2) is 16.0 Å². The van der Waals surface area contributed by atoms with Gasteiger partial charge in [-0.05, 0) is 23.3 Å². The zero-order valence-electron chi connectivity index (χ0n) is 12.6. The summed E-state index contributed by atoms with van der Waals surface area (Å²) in [5.74, 6) is -0.796. The molecule has 0 saturated carbocycles. The van der Waals surface area contributed by atoms with Crippen LogP contribution in [-0.2, 0) is 11.2 Å². The van der Waals surface area contributed by atoms with Gasteiger partial charge in [-0.2, -0.15) is 0 Å². The van der Waals surface area contributed by atoms with E-state index in [4.69, 9.17) is 0 Å². The monoisotopic (exact) mass is 342 g/mol. The predicted molar refractivity (Wildman–Crippen MR) is 91.4 cm³/mol. The van der Waals surface area contributed by atoms with Crippen molar-refractivity contribution < 1.29 is 14.3 Å². The second-order valence-electron chi connectivity index (χ2n) is 5.24. The van der Waals surface area contributed by atoms with Crippen LogP contribution in [0, 0.1) is 5.82 Å². The lowest BCUT2D eigenvalue weighted by atomic mass is 10.1. The van der Waals surface area contributed by atoms with Gasteiger partial charge in [-0.15, -0.1) is 11.3 Å². The van der Waals surface area contributed by atoms with Crippen LogP contribution in [0.1, 0.15) is 22.1 Å². The number of aliphatic hydroxyl groups is 1. The number of aliphatic hydroxyl groups excluding tert-OH is 1. The highest BCUT2D eigenvalue weighted by Gasteiger charge is 2.18. The van der Waals surface area contributed by atoms with Crippen molar-refractivity contribution >= 4 is 22.4 Å². The SMILES string of the molecule is O=C(Nc1ncc(Cc2ccc(F)cc2)s1)C(O)c1ccccc1. The highest BCUT2D eigenvalue weighted by molar-refractivity contribution is 7.15. The third-order valence-electron chi connectivity index (χ3n) is 3.44. The lowest BCUT2D eigenvalue weighted by Crippen LogP contribution is -2.20. The molecule has 6 heteroatoms. The van der Waals surface area contributed by atoms with Gasteiger partial charge in [-0.25, -0.2) is 9.37 Å². The van der Waals surface area contributed by atoms with Crippen LogP contribution >= 0.6 is 11.3 Å². The molecule has 0 aliphatic carbocycles. The molecule has 0 saturated heterocycles. The number of rotatable bonds is 5. The van der Waals surface area contributed by atoms with Crippen molar-refractivity contribution in [3.8, 4) is 0 Å². The number of carbonyl (C=O) groups excluding carboxylic acids is 1. The average Bonchev–Trinajstić information content (AvgIpc) is 3.04. The topological polar surface area (TPSA) is 62.2 Å². The normalized spacial score (nSPS) is 11.9.